The van der Waals surface area contributed by atoms with Gasteiger partial charge in [-0.3, -0.25) is 29.4 Å². The van der Waals surface area contributed by atoms with Crippen LogP contribution in [0.15, 0.2) is 60.7 Å². The molecule has 2 atom stereocenters. The Morgan fingerprint density at radius 1 is 1.05 bits per heavy atom. The van der Waals surface area contributed by atoms with Gasteiger partial charge in [-0.1, -0.05) is 23.7 Å². The van der Waals surface area contributed by atoms with E-state index in [9.17, 15) is 46.8 Å². The van der Waals surface area contributed by atoms with Crippen molar-refractivity contribution in [2.75, 3.05) is 9.80 Å². The maximum absolute atomic E-state index is 14.3. The molecule has 2 heterocycles. The third kappa shape index (κ3) is 3.82. The number of anilines is 2. The van der Waals surface area contributed by atoms with E-state index in [4.69, 9.17) is 11.6 Å². The fourth-order valence-corrected chi connectivity index (χ4v) is 7.57. The van der Waals surface area contributed by atoms with E-state index in [-0.39, 0.29) is 12.2 Å². The second-order valence-corrected chi connectivity index (χ2v) is 11.7. The van der Waals surface area contributed by atoms with Crippen LogP contribution in [0.4, 0.5) is 25.8 Å². The van der Waals surface area contributed by atoms with Crippen molar-refractivity contribution >= 4 is 56.3 Å². The van der Waals surface area contributed by atoms with E-state index in [0.29, 0.717) is 27.6 Å². The zero-order chi connectivity index (χ0) is 29.1. The number of carbonyl (C=O) groups excluding carboxylic acids is 2. The molecule has 1 fully saturated rings. The highest BCUT2D eigenvalue weighted by molar-refractivity contribution is 7.95. The predicted octanol–water partition coefficient (Wildman–Crippen LogP) is 3.53. The molecule has 2 unspecified atom stereocenters. The summed E-state index contributed by atoms with van der Waals surface area (Å²) in [4.78, 5) is 48.7. The second-order valence-electron chi connectivity index (χ2n) is 9.02. The number of sulfone groups is 1. The Hall–Kier alpha value is -4.43. The van der Waals surface area contributed by atoms with Crippen LogP contribution < -0.4 is 9.80 Å². The molecular weight excluding hydrogens is 576 g/mol. The molecule has 3 aromatic rings. The zero-order valence-corrected chi connectivity index (χ0v) is 21.5. The van der Waals surface area contributed by atoms with Gasteiger partial charge in [-0.25, -0.2) is 17.2 Å². The average Bonchev–Trinajstić information content (AvgIpc) is 3.23. The highest BCUT2D eigenvalue weighted by Gasteiger charge is 2.73. The standard InChI is InChI=1S/C25H16ClF2N3O8S/c26-14-3-1-13(2-4-14)12-29-20-8-6-16(31(36)37)9-17(20)25(24(29)35)30(15-5-7-18(27)19(28)10-15)23(34)21(11-22(32)33)40(25,38)39/h1-10,21H,11-12H2,(H,32,33). The minimum Gasteiger partial charge on any atom is -0.481 e. The Kier molecular flexibility index (Phi) is 6.34. The van der Waals surface area contributed by atoms with Gasteiger partial charge in [0.2, 0.25) is 15.7 Å². The number of nitrogens with zero attached hydrogens (tertiary/aromatic N) is 3. The van der Waals surface area contributed by atoms with Gasteiger partial charge in [0.05, 0.1) is 23.6 Å². The number of rotatable bonds is 6. The van der Waals surface area contributed by atoms with Gasteiger partial charge in [0.25, 0.3) is 16.5 Å². The smallest absolute Gasteiger partial charge is 0.305 e. The van der Waals surface area contributed by atoms with Gasteiger partial charge in [0.1, 0.15) is 0 Å². The molecule has 5 rings (SSSR count). The Bertz CT molecular complexity index is 1730. The van der Waals surface area contributed by atoms with Gasteiger partial charge in [0, 0.05) is 34.5 Å². The zero-order valence-electron chi connectivity index (χ0n) is 20.0. The molecular formula is C25H16ClF2N3O8S. The molecule has 206 valence electrons. The summed E-state index contributed by atoms with van der Waals surface area (Å²) in [6.07, 6.45) is -1.25. The van der Waals surface area contributed by atoms with E-state index in [0.717, 1.165) is 29.2 Å². The number of halogens is 3. The van der Waals surface area contributed by atoms with Crippen LogP contribution in [0.1, 0.15) is 17.5 Å². The first-order valence-electron chi connectivity index (χ1n) is 11.4. The first-order valence-corrected chi connectivity index (χ1v) is 13.3. The van der Waals surface area contributed by atoms with E-state index < -0.39 is 77.7 Å². The average molecular weight is 592 g/mol. The lowest BCUT2D eigenvalue weighted by Crippen LogP contribution is -2.54. The maximum Gasteiger partial charge on any atom is 0.305 e. The van der Waals surface area contributed by atoms with Crippen molar-refractivity contribution in [1.82, 2.24) is 0 Å². The number of hydrogen-bond donors (Lipinski definition) is 1. The molecule has 0 aliphatic carbocycles. The molecule has 0 saturated carbocycles. The number of aliphatic carboxylic acids is 1. The first kappa shape index (κ1) is 27.1. The maximum atomic E-state index is 14.3. The van der Waals surface area contributed by atoms with E-state index in [1.54, 1.807) is 12.1 Å². The molecule has 11 nitrogen and oxygen atoms in total. The SMILES string of the molecule is O=C(O)CC1C(=O)N(c2ccc(F)c(F)c2)C2(C(=O)N(Cc3ccc(Cl)cc3)c3ccc([N+](=O)[O-])cc32)S1(=O)=O. The third-order valence-electron chi connectivity index (χ3n) is 6.75. The fraction of sp³-hybridized carbons (Fsp3) is 0.160. The minimum atomic E-state index is -5.18. The summed E-state index contributed by atoms with van der Waals surface area (Å²) in [6.45, 7) is -0.276. The summed E-state index contributed by atoms with van der Waals surface area (Å²) in [7, 11) is -5.18. The van der Waals surface area contributed by atoms with Crippen LogP contribution >= 0.6 is 11.6 Å². The van der Waals surface area contributed by atoms with Crippen LogP contribution in [0.5, 0.6) is 0 Å². The summed E-state index contributed by atoms with van der Waals surface area (Å²) in [6, 6.07) is 11.0. The number of carbonyl (C=O) groups is 3. The molecule has 3 aromatic carbocycles. The number of amides is 2. The highest BCUT2D eigenvalue weighted by Crippen LogP contribution is 2.56. The third-order valence-corrected chi connectivity index (χ3v) is 9.52. The van der Waals surface area contributed by atoms with Crippen molar-refractivity contribution in [3.05, 3.63) is 98.6 Å². The van der Waals surface area contributed by atoms with E-state index in [1.807, 2.05) is 0 Å². The molecule has 2 amide bonds. The molecule has 1 spiro atoms. The minimum absolute atomic E-state index is 0.120. The molecule has 0 radical (unpaired) electrons. The van der Waals surface area contributed by atoms with Crippen molar-refractivity contribution in [1.29, 1.82) is 0 Å². The van der Waals surface area contributed by atoms with Crippen LogP contribution in [-0.4, -0.2) is 41.5 Å². The van der Waals surface area contributed by atoms with Gasteiger partial charge in [0.15, 0.2) is 16.9 Å². The van der Waals surface area contributed by atoms with E-state index >= 15 is 0 Å². The number of fused-ring (bicyclic) bond motifs is 2. The topological polar surface area (TPSA) is 155 Å². The van der Waals surface area contributed by atoms with Crippen molar-refractivity contribution in [2.45, 2.75) is 23.1 Å². The van der Waals surface area contributed by atoms with Crippen LogP contribution in [0.2, 0.25) is 5.02 Å². The molecule has 1 saturated heterocycles. The Balaban J connectivity index is 1.84. The van der Waals surface area contributed by atoms with E-state index in [1.165, 1.54) is 12.1 Å². The van der Waals surface area contributed by atoms with Crippen molar-refractivity contribution in [3.8, 4) is 0 Å². The summed E-state index contributed by atoms with van der Waals surface area (Å²) in [5.74, 6) is -7.17. The summed E-state index contributed by atoms with van der Waals surface area (Å²) < 4.78 is 56.5. The largest absolute Gasteiger partial charge is 0.481 e. The Labute approximate surface area is 229 Å². The number of carboxylic acids is 1. The second kappa shape index (κ2) is 9.34. The number of carboxylic acid groups (broad SMARTS) is 1. The number of nitro groups is 1. The van der Waals surface area contributed by atoms with Crippen LogP contribution in [0.3, 0.4) is 0 Å². The lowest BCUT2D eigenvalue weighted by molar-refractivity contribution is -0.384. The molecule has 40 heavy (non-hydrogen) atoms. The number of benzene rings is 3. The van der Waals surface area contributed by atoms with Gasteiger partial charge in [-0.2, -0.15) is 0 Å². The van der Waals surface area contributed by atoms with Crippen molar-refractivity contribution < 1.29 is 41.6 Å². The predicted molar refractivity (Wildman–Crippen MR) is 136 cm³/mol. The number of hydrogen-bond acceptors (Lipinski definition) is 7. The lowest BCUT2D eigenvalue weighted by atomic mass is 10.0. The number of nitro benzene ring substituents is 1. The summed E-state index contributed by atoms with van der Waals surface area (Å²) >= 11 is 5.93. The molecule has 0 bridgehead atoms. The van der Waals surface area contributed by atoms with Crippen molar-refractivity contribution in [2.24, 2.45) is 0 Å². The number of non-ortho nitro benzene ring substituents is 1. The highest BCUT2D eigenvalue weighted by atomic mass is 35.5. The van der Waals surface area contributed by atoms with Crippen LogP contribution in [0, 0.1) is 21.7 Å². The molecule has 15 heteroatoms. The quantitative estimate of drug-likeness (QED) is 0.337. The first-order chi connectivity index (χ1) is 18.8. The van der Waals surface area contributed by atoms with Gasteiger partial charge >= 0.3 is 5.97 Å². The molecule has 2 aliphatic rings. The van der Waals surface area contributed by atoms with Crippen LogP contribution in [-0.2, 0) is 35.6 Å². The van der Waals surface area contributed by atoms with E-state index in [2.05, 4.69) is 0 Å². The molecule has 1 N–H and O–H groups in total. The Morgan fingerprint density at radius 2 is 1.73 bits per heavy atom. The van der Waals surface area contributed by atoms with Crippen LogP contribution in [0.25, 0.3) is 0 Å². The molecule has 2 aliphatic heterocycles. The monoisotopic (exact) mass is 591 g/mol. The van der Waals surface area contributed by atoms with Crippen molar-refractivity contribution in [3.63, 3.8) is 0 Å². The Morgan fingerprint density at radius 3 is 2.33 bits per heavy atom. The van der Waals surface area contributed by atoms with Gasteiger partial charge in [-0.05, 0) is 35.9 Å². The molecule has 0 aromatic heterocycles. The normalized spacial score (nSPS) is 21.2. The van der Waals surface area contributed by atoms with Gasteiger partial charge in [-0.15, -0.1) is 0 Å². The summed E-state index contributed by atoms with van der Waals surface area (Å²) in [5.41, 5.74) is -1.37. The van der Waals surface area contributed by atoms with Gasteiger partial charge < -0.3 is 10.0 Å². The lowest BCUT2D eigenvalue weighted by Gasteiger charge is -2.32. The summed E-state index contributed by atoms with van der Waals surface area (Å²) in [5, 5.41) is 19.1. The fourth-order valence-electron chi connectivity index (χ4n) is 5.03.